The Hall–Kier alpha value is -1.55. The maximum absolute atomic E-state index is 12.1. The molecule has 0 fully saturated rings. The summed E-state index contributed by atoms with van der Waals surface area (Å²) in [7, 11) is 0. The van der Waals surface area contributed by atoms with Crippen molar-refractivity contribution in [2.45, 2.75) is 44.9 Å². The monoisotopic (exact) mass is 316 g/mol. The molecule has 1 atom stereocenters. The van der Waals surface area contributed by atoms with Gasteiger partial charge in [-0.3, -0.25) is 4.79 Å². The molecule has 0 aliphatic carbocycles. The topological polar surface area (TPSA) is 42.0 Å². The van der Waals surface area contributed by atoms with Gasteiger partial charge in [0.05, 0.1) is 15.8 Å². The van der Waals surface area contributed by atoms with Gasteiger partial charge in [-0.1, -0.05) is 43.8 Å². The summed E-state index contributed by atoms with van der Waals surface area (Å²) in [6.07, 6.45) is 0. The number of aromatic nitrogens is 1. The van der Waals surface area contributed by atoms with E-state index in [2.05, 4.69) is 57.3 Å². The van der Waals surface area contributed by atoms with Gasteiger partial charge < -0.3 is 5.32 Å². The van der Waals surface area contributed by atoms with Gasteiger partial charge in [-0.05, 0) is 43.9 Å². The zero-order valence-corrected chi connectivity index (χ0v) is 14.8. The van der Waals surface area contributed by atoms with Gasteiger partial charge >= 0.3 is 0 Å². The van der Waals surface area contributed by atoms with Crippen LogP contribution in [0.15, 0.2) is 29.3 Å². The number of hydrogen-bond donors (Lipinski definition) is 1. The van der Waals surface area contributed by atoms with Crippen molar-refractivity contribution in [3.8, 4) is 0 Å². The SMILES string of the molecule is Cc1cc(S[C@@H](C)C(=O)NCC(C)C)nc2c(C)cccc12. The van der Waals surface area contributed by atoms with Gasteiger partial charge in [0.2, 0.25) is 5.91 Å². The molecule has 1 heterocycles. The molecule has 2 rings (SSSR count). The van der Waals surface area contributed by atoms with Crippen molar-refractivity contribution < 1.29 is 4.79 Å². The summed E-state index contributed by atoms with van der Waals surface area (Å²) >= 11 is 1.52. The number of rotatable bonds is 5. The van der Waals surface area contributed by atoms with Gasteiger partial charge in [0, 0.05) is 11.9 Å². The van der Waals surface area contributed by atoms with Crippen LogP contribution in [-0.2, 0) is 4.79 Å². The van der Waals surface area contributed by atoms with Crippen molar-refractivity contribution in [3.63, 3.8) is 0 Å². The van der Waals surface area contributed by atoms with Crippen LogP contribution in [0, 0.1) is 19.8 Å². The Morgan fingerprint density at radius 2 is 1.95 bits per heavy atom. The fraction of sp³-hybridized carbons (Fsp3) is 0.444. The van der Waals surface area contributed by atoms with E-state index >= 15 is 0 Å². The highest BCUT2D eigenvalue weighted by Gasteiger charge is 2.16. The summed E-state index contributed by atoms with van der Waals surface area (Å²) in [5.41, 5.74) is 3.39. The molecule has 3 nitrogen and oxygen atoms in total. The predicted molar refractivity (Wildman–Crippen MR) is 94.4 cm³/mol. The summed E-state index contributed by atoms with van der Waals surface area (Å²) in [5.74, 6) is 0.535. The molecule has 1 N–H and O–H groups in total. The fourth-order valence-electron chi connectivity index (χ4n) is 2.27. The van der Waals surface area contributed by atoms with Crippen molar-refractivity contribution >= 4 is 28.6 Å². The number of carbonyl (C=O) groups excluding carboxylic acids is 1. The van der Waals surface area contributed by atoms with Crippen molar-refractivity contribution in [1.82, 2.24) is 10.3 Å². The Kier molecular flexibility index (Phi) is 5.46. The van der Waals surface area contributed by atoms with Crippen LogP contribution in [0.25, 0.3) is 10.9 Å². The van der Waals surface area contributed by atoms with E-state index in [1.807, 2.05) is 6.92 Å². The Labute approximate surface area is 136 Å². The number of hydrogen-bond acceptors (Lipinski definition) is 3. The second-order valence-electron chi connectivity index (χ2n) is 6.15. The lowest BCUT2D eigenvalue weighted by molar-refractivity contribution is -0.120. The predicted octanol–water partition coefficient (Wildman–Crippen LogP) is 4.10. The zero-order chi connectivity index (χ0) is 16.3. The first kappa shape index (κ1) is 16.8. The molecule has 1 aromatic heterocycles. The molecule has 4 heteroatoms. The second-order valence-corrected chi connectivity index (χ2v) is 7.51. The molecular formula is C18H24N2OS. The van der Waals surface area contributed by atoms with Crippen LogP contribution in [0.2, 0.25) is 0 Å². The molecule has 118 valence electrons. The molecule has 0 spiro atoms. The Balaban J connectivity index is 2.18. The Bertz CT molecular complexity index is 682. The highest BCUT2D eigenvalue weighted by atomic mass is 32.2. The van der Waals surface area contributed by atoms with Gasteiger partial charge in [0.1, 0.15) is 0 Å². The minimum atomic E-state index is -0.146. The first-order chi connectivity index (χ1) is 10.4. The quantitative estimate of drug-likeness (QED) is 0.844. The standard InChI is InChI=1S/C18H24N2OS/c1-11(2)10-19-18(21)14(5)22-16-9-13(4)15-8-6-7-12(3)17(15)20-16/h6-9,11,14H,10H2,1-5H3,(H,19,21)/t14-/m0/s1. The fourth-order valence-corrected chi connectivity index (χ4v) is 3.22. The lowest BCUT2D eigenvalue weighted by Crippen LogP contribution is -2.33. The molecule has 0 unspecified atom stereocenters. The zero-order valence-electron chi connectivity index (χ0n) is 13.9. The third kappa shape index (κ3) is 4.01. The molecular weight excluding hydrogens is 292 g/mol. The van der Waals surface area contributed by atoms with Crippen molar-refractivity contribution in [1.29, 1.82) is 0 Å². The van der Waals surface area contributed by atoms with Gasteiger partial charge in [0.25, 0.3) is 0 Å². The van der Waals surface area contributed by atoms with Gasteiger partial charge in [-0.15, -0.1) is 0 Å². The summed E-state index contributed by atoms with van der Waals surface area (Å²) in [5, 5.41) is 4.92. The normalized spacial score (nSPS) is 12.6. The molecule has 0 saturated heterocycles. The average molecular weight is 316 g/mol. The van der Waals surface area contributed by atoms with E-state index in [0.29, 0.717) is 12.5 Å². The van der Waals surface area contributed by atoms with Crippen LogP contribution in [0.5, 0.6) is 0 Å². The van der Waals surface area contributed by atoms with E-state index in [4.69, 9.17) is 4.98 Å². The second kappa shape index (κ2) is 7.14. The van der Waals surface area contributed by atoms with E-state index in [1.54, 1.807) is 0 Å². The average Bonchev–Trinajstić information content (AvgIpc) is 2.46. The summed E-state index contributed by atoms with van der Waals surface area (Å²) in [6.45, 7) is 11.0. The van der Waals surface area contributed by atoms with E-state index in [-0.39, 0.29) is 11.2 Å². The molecule has 22 heavy (non-hydrogen) atoms. The lowest BCUT2D eigenvalue weighted by atomic mass is 10.1. The van der Waals surface area contributed by atoms with E-state index in [0.717, 1.165) is 10.5 Å². The number of amides is 1. The smallest absolute Gasteiger partial charge is 0.233 e. The summed E-state index contributed by atoms with van der Waals surface area (Å²) in [4.78, 5) is 16.8. The first-order valence-electron chi connectivity index (χ1n) is 7.70. The van der Waals surface area contributed by atoms with Crippen molar-refractivity contribution in [2.24, 2.45) is 5.92 Å². The molecule has 1 amide bonds. The minimum absolute atomic E-state index is 0.0723. The Morgan fingerprint density at radius 1 is 1.23 bits per heavy atom. The van der Waals surface area contributed by atoms with E-state index in [1.165, 1.54) is 28.3 Å². The maximum atomic E-state index is 12.1. The number of pyridine rings is 1. The van der Waals surface area contributed by atoms with Crippen LogP contribution in [0.1, 0.15) is 31.9 Å². The highest BCUT2D eigenvalue weighted by Crippen LogP contribution is 2.28. The summed E-state index contributed by atoms with van der Waals surface area (Å²) < 4.78 is 0. The van der Waals surface area contributed by atoms with Gasteiger partial charge in [-0.2, -0.15) is 0 Å². The molecule has 0 saturated carbocycles. The number of aryl methyl sites for hydroxylation is 2. The number of benzene rings is 1. The molecule has 0 aliphatic heterocycles. The van der Waals surface area contributed by atoms with Gasteiger partial charge in [0.15, 0.2) is 0 Å². The number of nitrogens with one attached hydrogen (secondary N) is 1. The van der Waals surface area contributed by atoms with Crippen LogP contribution in [0.4, 0.5) is 0 Å². The third-order valence-electron chi connectivity index (χ3n) is 3.58. The molecule has 0 radical (unpaired) electrons. The molecule has 0 bridgehead atoms. The van der Waals surface area contributed by atoms with Crippen molar-refractivity contribution in [2.75, 3.05) is 6.54 Å². The maximum Gasteiger partial charge on any atom is 0.233 e. The number of fused-ring (bicyclic) bond motifs is 1. The summed E-state index contributed by atoms with van der Waals surface area (Å²) in [6, 6.07) is 8.29. The third-order valence-corrected chi connectivity index (χ3v) is 4.59. The van der Waals surface area contributed by atoms with Crippen LogP contribution in [-0.4, -0.2) is 22.7 Å². The molecule has 0 aliphatic rings. The van der Waals surface area contributed by atoms with Crippen LogP contribution in [0.3, 0.4) is 0 Å². The van der Waals surface area contributed by atoms with E-state index < -0.39 is 0 Å². The molecule has 1 aromatic carbocycles. The van der Waals surface area contributed by atoms with Crippen LogP contribution >= 0.6 is 11.8 Å². The van der Waals surface area contributed by atoms with Crippen molar-refractivity contribution in [3.05, 3.63) is 35.4 Å². The Morgan fingerprint density at radius 3 is 2.64 bits per heavy atom. The number of carbonyl (C=O) groups is 1. The number of para-hydroxylation sites is 1. The lowest BCUT2D eigenvalue weighted by Gasteiger charge is -2.14. The highest BCUT2D eigenvalue weighted by molar-refractivity contribution is 8.00. The van der Waals surface area contributed by atoms with E-state index in [9.17, 15) is 4.79 Å². The van der Waals surface area contributed by atoms with Crippen LogP contribution < -0.4 is 5.32 Å². The van der Waals surface area contributed by atoms with Gasteiger partial charge in [-0.25, -0.2) is 4.98 Å². The minimum Gasteiger partial charge on any atom is -0.355 e. The number of thioether (sulfide) groups is 1. The largest absolute Gasteiger partial charge is 0.355 e. The number of nitrogens with zero attached hydrogens (tertiary/aromatic N) is 1. The molecule has 2 aromatic rings. The first-order valence-corrected chi connectivity index (χ1v) is 8.57.